The smallest absolute Gasteiger partial charge is 0.0636 e. The zero-order valence-electron chi connectivity index (χ0n) is 8.68. The van der Waals surface area contributed by atoms with Gasteiger partial charge >= 0.3 is 0 Å². The summed E-state index contributed by atoms with van der Waals surface area (Å²) in [6.45, 7) is 3.61. The van der Waals surface area contributed by atoms with Gasteiger partial charge in [-0.25, -0.2) is 0 Å². The molecule has 0 aromatic heterocycles. The summed E-state index contributed by atoms with van der Waals surface area (Å²) in [5.41, 5.74) is 0. The van der Waals surface area contributed by atoms with Crippen LogP contribution in [0, 0.1) is 0 Å². The molecule has 0 spiro atoms. The quantitative estimate of drug-likeness (QED) is 0.712. The van der Waals surface area contributed by atoms with Crippen LogP contribution in [0.5, 0.6) is 0 Å². The third kappa shape index (κ3) is 3.49. The Morgan fingerprint density at radius 2 is 2.08 bits per heavy atom. The SMILES string of the molecule is CSC1(CNC[C@@H](C)O)CCCC1. The number of aliphatic hydroxyl groups excluding tert-OH is 1. The van der Waals surface area contributed by atoms with Gasteiger partial charge in [0.05, 0.1) is 6.10 Å². The lowest BCUT2D eigenvalue weighted by molar-refractivity contribution is 0.190. The van der Waals surface area contributed by atoms with Gasteiger partial charge in [-0.2, -0.15) is 11.8 Å². The third-order valence-corrected chi connectivity index (χ3v) is 4.25. The Hall–Kier alpha value is 0.270. The van der Waals surface area contributed by atoms with Crippen LogP contribution in [-0.4, -0.2) is 35.3 Å². The van der Waals surface area contributed by atoms with Crippen molar-refractivity contribution in [3.63, 3.8) is 0 Å². The highest BCUT2D eigenvalue weighted by Gasteiger charge is 2.32. The van der Waals surface area contributed by atoms with Crippen LogP contribution in [0.2, 0.25) is 0 Å². The molecule has 1 fully saturated rings. The first kappa shape index (κ1) is 11.3. The first-order valence-electron chi connectivity index (χ1n) is 5.12. The van der Waals surface area contributed by atoms with E-state index in [1.165, 1.54) is 25.7 Å². The first-order chi connectivity index (χ1) is 6.18. The Kier molecular flexibility index (Phi) is 4.56. The molecular weight excluding hydrogens is 182 g/mol. The van der Waals surface area contributed by atoms with E-state index >= 15 is 0 Å². The maximum atomic E-state index is 9.11. The molecule has 1 aliphatic rings. The summed E-state index contributed by atoms with van der Waals surface area (Å²) in [7, 11) is 0. The fourth-order valence-electron chi connectivity index (χ4n) is 1.98. The van der Waals surface area contributed by atoms with E-state index in [1.807, 2.05) is 18.7 Å². The predicted octanol–water partition coefficient (Wildman–Crippen LogP) is 1.63. The zero-order valence-corrected chi connectivity index (χ0v) is 9.49. The van der Waals surface area contributed by atoms with Crippen LogP contribution in [0.1, 0.15) is 32.6 Å². The predicted molar refractivity (Wildman–Crippen MR) is 59.3 cm³/mol. The second-order valence-electron chi connectivity index (χ2n) is 4.07. The maximum absolute atomic E-state index is 9.11. The van der Waals surface area contributed by atoms with E-state index in [4.69, 9.17) is 5.11 Å². The number of hydrogen-bond donors (Lipinski definition) is 2. The molecule has 3 heteroatoms. The van der Waals surface area contributed by atoms with E-state index in [-0.39, 0.29) is 6.10 Å². The minimum absolute atomic E-state index is 0.222. The fourth-order valence-corrected chi connectivity index (χ4v) is 2.92. The lowest BCUT2D eigenvalue weighted by Crippen LogP contribution is -2.38. The summed E-state index contributed by atoms with van der Waals surface area (Å²) in [4.78, 5) is 0. The average Bonchev–Trinajstić information content (AvgIpc) is 2.53. The second-order valence-corrected chi connectivity index (χ2v) is 5.35. The Labute approximate surface area is 85.5 Å². The van der Waals surface area contributed by atoms with E-state index < -0.39 is 0 Å². The largest absolute Gasteiger partial charge is 0.392 e. The highest BCUT2D eigenvalue weighted by molar-refractivity contribution is 8.00. The van der Waals surface area contributed by atoms with Crippen molar-refractivity contribution in [3.8, 4) is 0 Å². The molecule has 2 nitrogen and oxygen atoms in total. The normalized spacial score (nSPS) is 23.3. The molecule has 0 heterocycles. The summed E-state index contributed by atoms with van der Waals surface area (Å²) in [5, 5.41) is 12.5. The highest BCUT2D eigenvalue weighted by Crippen LogP contribution is 2.39. The van der Waals surface area contributed by atoms with Gasteiger partial charge in [-0.1, -0.05) is 12.8 Å². The summed E-state index contributed by atoms with van der Waals surface area (Å²) in [6.07, 6.45) is 7.39. The Bertz CT molecular complexity index is 144. The molecule has 0 amide bonds. The van der Waals surface area contributed by atoms with Gasteiger partial charge in [0.2, 0.25) is 0 Å². The molecule has 0 saturated heterocycles. The van der Waals surface area contributed by atoms with Crippen molar-refractivity contribution >= 4 is 11.8 Å². The Morgan fingerprint density at radius 3 is 2.54 bits per heavy atom. The third-order valence-electron chi connectivity index (χ3n) is 2.83. The summed E-state index contributed by atoms with van der Waals surface area (Å²) >= 11 is 1.99. The van der Waals surface area contributed by atoms with Gasteiger partial charge in [-0.05, 0) is 26.0 Å². The first-order valence-corrected chi connectivity index (χ1v) is 6.35. The summed E-state index contributed by atoms with van der Waals surface area (Å²) in [5.74, 6) is 0. The second kappa shape index (κ2) is 5.23. The van der Waals surface area contributed by atoms with Gasteiger partial charge in [-0.3, -0.25) is 0 Å². The number of hydrogen-bond acceptors (Lipinski definition) is 3. The van der Waals surface area contributed by atoms with Crippen molar-refractivity contribution in [2.24, 2.45) is 0 Å². The van der Waals surface area contributed by atoms with Gasteiger partial charge in [0.15, 0.2) is 0 Å². The van der Waals surface area contributed by atoms with Crippen molar-refractivity contribution in [3.05, 3.63) is 0 Å². The lowest BCUT2D eigenvalue weighted by atomic mass is 10.1. The van der Waals surface area contributed by atoms with Crippen LogP contribution >= 0.6 is 11.8 Å². The van der Waals surface area contributed by atoms with Crippen molar-refractivity contribution < 1.29 is 5.11 Å². The molecule has 78 valence electrons. The van der Waals surface area contributed by atoms with E-state index in [2.05, 4.69) is 11.6 Å². The van der Waals surface area contributed by atoms with Gasteiger partial charge in [0.1, 0.15) is 0 Å². The van der Waals surface area contributed by atoms with Crippen molar-refractivity contribution in [2.75, 3.05) is 19.3 Å². The maximum Gasteiger partial charge on any atom is 0.0636 e. The van der Waals surface area contributed by atoms with Crippen LogP contribution in [0.3, 0.4) is 0 Å². The molecule has 13 heavy (non-hydrogen) atoms. The van der Waals surface area contributed by atoms with Crippen LogP contribution in [-0.2, 0) is 0 Å². The van der Waals surface area contributed by atoms with E-state index in [1.54, 1.807) is 0 Å². The average molecular weight is 203 g/mol. The molecule has 0 radical (unpaired) electrons. The molecule has 1 rings (SSSR count). The van der Waals surface area contributed by atoms with Crippen LogP contribution in [0.15, 0.2) is 0 Å². The molecule has 0 unspecified atom stereocenters. The summed E-state index contributed by atoms with van der Waals surface area (Å²) < 4.78 is 0.467. The van der Waals surface area contributed by atoms with Crippen molar-refractivity contribution in [1.82, 2.24) is 5.32 Å². The van der Waals surface area contributed by atoms with E-state index in [0.29, 0.717) is 4.75 Å². The monoisotopic (exact) mass is 203 g/mol. The summed E-state index contributed by atoms with van der Waals surface area (Å²) in [6, 6.07) is 0. The van der Waals surface area contributed by atoms with Gasteiger partial charge in [0.25, 0.3) is 0 Å². The van der Waals surface area contributed by atoms with E-state index in [9.17, 15) is 0 Å². The molecule has 1 atom stereocenters. The van der Waals surface area contributed by atoms with Gasteiger partial charge in [-0.15, -0.1) is 0 Å². The molecular formula is C10H21NOS. The molecule has 0 bridgehead atoms. The van der Waals surface area contributed by atoms with Crippen molar-refractivity contribution in [1.29, 1.82) is 0 Å². The minimum Gasteiger partial charge on any atom is -0.392 e. The minimum atomic E-state index is -0.222. The number of thioether (sulfide) groups is 1. The number of rotatable bonds is 5. The number of nitrogens with one attached hydrogen (secondary N) is 1. The highest BCUT2D eigenvalue weighted by atomic mass is 32.2. The topological polar surface area (TPSA) is 32.3 Å². The molecule has 0 aromatic rings. The van der Waals surface area contributed by atoms with Crippen LogP contribution in [0.4, 0.5) is 0 Å². The Balaban J connectivity index is 2.23. The number of aliphatic hydroxyl groups is 1. The van der Waals surface area contributed by atoms with E-state index in [0.717, 1.165) is 13.1 Å². The van der Waals surface area contributed by atoms with Gasteiger partial charge < -0.3 is 10.4 Å². The standard InChI is InChI=1S/C10H21NOS/c1-9(12)7-11-8-10(13-2)5-3-4-6-10/h9,11-12H,3-8H2,1-2H3/t9-/m1/s1. The van der Waals surface area contributed by atoms with Crippen LogP contribution in [0.25, 0.3) is 0 Å². The van der Waals surface area contributed by atoms with Crippen molar-refractivity contribution in [2.45, 2.75) is 43.5 Å². The Morgan fingerprint density at radius 1 is 1.46 bits per heavy atom. The molecule has 1 saturated carbocycles. The molecule has 2 N–H and O–H groups in total. The zero-order chi connectivity index (χ0) is 9.73. The van der Waals surface area contributed by atoms with Gasteiger partial charge in [0, 0.05) is 17.8 Å². The lowest BCUT2D eigenvalue weighted by Gasteiger charge is -2.27. The molecule has 0 aromatic carbocycles. The molecule has 0 aliphatic heterocycles. The van der Waals surface area contributed by atoms with Crippen LogP contribution < -0.4 is 5.32 Å². The fraction of sp³-hybridized carbons (Fsp3) is 1.00. The molecule has 1 aliphatic carbocycles.